The molecule has 0 aliphatic carbocycles. The summed E-state index contributed by atoms with van der Waals surface area (Å²) in [5.74, 6) is 0.612. The first-order valence-corrected chi connectivity index (χ1v) is 12.1. The van der Waals surface area contributed by atoms with E-state index in [1.54, 1.807) is 23.1 Å². The Hall–Kier alpha value is -2.71. The zero-order valence-corrected chi connectivity index (χ0v) is 18.6. The maximum absolute atomic E-state index is 13.4. The van der Waals surface area contributed by atoms with E-state index < -0.39 is 16.1 Å². The van der Waals surface area contributed by atoms with Gasteiger partial charge in [0.25, 0.3) is 0 Å². The molecular formula is C23H28N4O3S. The molecule has 1 amide bonds. The fourth-order valence-corrected chi connectivity index (χ4v) is 5.43. The van der Waals surface area contributed by atoms with Gasteiger partial charge in [0.05, 0.1) is 15.9 Å². The van der Waals surface area contributed by atoms with Crippen LogP contribution in [0.2, 0.25) is 0 Å². The van der Waals surface area contributed by atoms with Gasteiger partial charge in [0.2, 0.25) is 15.9 Å². The summed E-state index contributed by atoms with van der Waals surface area (Å²) in [7, 11) is -3.79. The van der Waals surface area contributed by atoms with E-state index >= 15 is 0 Å². The Morgan fingerprint density at radius 1 is 1.13 bits per heavy atom. The van der Waals surface area contributed by atoms with Crippen LogP contribution in [-0.2, 0) is 14.8 Å². The average Bonchev–Trinajstić information content (AvgIpc) is 3.22. The number of rotatable bonds is 6. The second kappa shape index (κ2) is 8.80. The lowest BCUT2D eigenvalue weighted by Gasteiger charge is -2.35. The molecule has 0 spiro atoms. The minimum Gasteiger partial charge on any atom is -0.342 e. The van der Waals surface area contributed by atoms with Gasteiger partial charge in [-0.1, -0.05) is 44.2 Å². The standard InChI is InChI=1S/C23H28N4O3S/c1-16(2)21(26-31(29,30)18-10-4-3-5-11-18)23(28)27-14-8-9-17(15-27)22-24-19-12-6-7-13-20(19)25-22/h3-7,10-13,16-17,21,26H,8-9,14-15H2,1-2H3,(H,24,25)/t17-,21-/m0/s1. The zero-order chi connectivity index (χ0) is 22.0. The van der Waals surface area contributed by atoms with Crippen molar-refractivity contribution in [3.63, 3.8) is 0 Å². The van der Waals surface area contributed by atoms with Crippen LogP contribution in [0.5, 0.6) is 0 Å². The van der Waals surface area contributed by atoms with Crippen molar-refractivity contribution in [1.29, 1.82) is 0 Å². The summed E-state index contributed by atoms with van der Waals surface area (Å²) in [5, 5.41) is 0. The number of carbonyl (C=O) groups is 1. The van der Waals surface area contributed by atoms with Crippen LogP contribution in [0.15, 0.2) is 59.5 Å². The summed E-state index contributed by atoms with van der Waals surface area (Å²) in [4.78, 5) is 23.4. The second-order valence-corrected chi connectivity index (χ2v) is 10.1. The quantitative estimate of drug-likeness (QED) is 0.615. The van der Waals surface area contributed by atoms with Gasteiger partial charge in [-0.25, -0.2) is 13.4 Å². The van der Waals surface area contributed by atoms with Gasteiger partial charge < -0.3 is 9.88 Å². The van der Waals surface area contributed by atoms with Crippen LogP contribution < -0.4 is 4.72 Å². The molecule has 0 bridgehead atoms. The molecule has 1 aromatic heterocycles. The van der Waals surface area contributed by atoms with E-state index in [0.29, 0.717) is 13.1 Å². The third kappa shape index (κ3) is 4.65. The van der Waals surface area contributed by atoms with Gasteiger partial charge in [-0.05, 0) is 43.0 Å². The highest BCUT2D eigenvalue weighted by molar-refractivity contribution is 7.89. The molecule has 2 heterocycles. The van der Waals surface area contributed by atoms with Gasteiger partial charge in [-0.2, -0.15) is 4.72 Å². The number of nitrogens with zero attached hydrogens (tertiary/aromatic N) is 2. The van der Waals surface area contributed by atoms with Crippen molar-refractivity contribution in [2.75, 3.05) is 13.1 Å². The molecule has 2 atom stereocenters. The molecular weight excluding hydrogens is 412 g/mol. The van der Waals surface area contributed by atoms with Gasteiger partial charge in [0.1, 0.15) is 11.9 Å². The van der Waals surface area contributed by atoms with E-state index in [4.69, 9.17) is 4.98 Å². The van der Waals surface area contributed by atoms with E-state index in [9.17, 15) is 13.2 Å². The molecule has 8 heteroatoms. The highest BCUT2D eigenvalue weighted by atomic mass is 32.2. The number of hydrogen-bond donors (Lipinski definition) is 2. The first kappa shape index (κ1) is 21.5. The number of H-pyrrole nitrogens is 1. The molecule has 3 aromatic rings. The van der Waals surface area contributed by atoms with Crippen LogP contribution in [0, 0.1) is 5.92 Å². The summed E-state index contributed by atoms with van der Waals surface area (Å²) in [6, 6.07) is 15.2. The van der Waals surface area contributed by atoms with Gasteiger partial charge >= 0.3 is 0 Å². The maximum Gasteiger partial charge on any atom is 0.241 e. The van der Waals surface area contributed by atoms with Crippen molar-refractivity contribution < 1.29 is 13.2 Å². The third-order valence-corrected chi connectivity index (χ3v) is 7.25. The number of para-hydroxylation sites is 2. The number of imidazole rings is 1. The maximum atomic E-state index is 13.4. The van der Waals surface area contributed by atoms with Gasteiger partial charge in [0, 0.05) is 19.0 Å². The minimum atomic E-state index is -3.79. The van der Waals surface area contributed by atoms with E-state index in [2.05, 4.69) is 9.71 Å². The number of amides is 1. The normalized spacial score (nSPS) is 18.4. The highest BCUT2D eigenvalue weighted by Crippen LogP contribution is 2.27. The van der Waals surface area contributed by atoms with Gasteiger partial charge in [0.15, 0.2) is 0 Å². The third-order valence-electron chi connectivity index (χ3n) is 5.80. The Kier molecular flexibility index (Phi) is 6.11. The second-order valence-electron chi connectivity index (χ2n) is 8.42. The lowest BCUT2D eigenvalue weighted by atomic mass is 9.95. The summed E-state index contributed by atoms with van der Waals surface area (Å²) in [6.07, 6.45) is 1.79. The van der Waals surface area contributed by atoms with Crippen LogP contribution in [0.25, 0.3) is 11.0 Å². The van der Waals surface area contributed by atoms with E-state index in [-0.39, 0.29) is 22.6 Å². The summed E-state index contributed by atoms with van der Waals surface area (Å²) >= 11 is 0. The summed E-state index contributed by atoms with van der Waals surface area (Å²) in [5.41, 5.74) is 1.90. The molecule has 0 saturated carbocycles. The number of fused-ring (bicyclic) bond motifs is 1. The number of likely N-dealkylation sites (tertiary alicyclic amines) is 1. The van der Waals surface area contributed by atoms with Crippen molar-refractivity contribution in [2.24, 2.45) is 5.92 Å². The van der Waals surface area contributed by atoms with Crippen molar-refractivity contribution in [3.8, 4) is 0 Å². The SMILES string of the molecule is CC(C)[C@H](NS(=O)(=O)c1ccccc1)C(=O)N1CCC[C@H](c2nc3ccccc3[nH]2)C1. The fraction of sp³-hybridized carbons (Fsp3) is 0.391. The molecule has 1 aliphatic heterocycles. The fourth-order valence-electron chi connectivity index (χ4n) is 4.07. The predicted octanol–water partition coefficient (Wildman–Crippen LogP) is 3.27. The first-order chi connectivity index (χ1) is 14.8. The lowest BCUT2D eigenvalue weighted by molar-refractivity contribution is -0.135. The Morgan fingerprint density at radius 3 is 2.55 bits per heavy atom. The number of aromatic amines is 1. The van der Waals surface area contributed by atoms with Crippen LogP contribution in [0.1, 0.15) is 38.4 Å². The van der Waals surface area contributed by atoms with E-state index in [1.165, 1.54) is 12.1 Å². The Labute approximate surface area is 182 Å². The molecule has 7 nitrogen and oxygen atoms in total. The molecule has 1 saturated heterocycles. The number of piperidine rings is 1. The van der Waals surface area contributed by atoms with Crippen molar-refractivity contribution in [1.82, 2.24) is 19.6 Å². The van der Waals surface area contributed by atoms with Crippen LogP contribution in [0.3, 0.4) is 0 Å². The van der Waals surface area contributed by atoms with Gasteiger partial charge in [-0.3, -0.25) is 4.79 Å². The molecule has 0 unspecified atom stereocenters. The summed E-state index contributed by atoms with van der Waals surface area (Å²) in [6.45, 7) is 4.86. The highest BCUT2D eigenvalue weighted by Gasteiger charge is 2.34. The number of aromatic nitrogens is 2. The molecule has 2 aromatic carbocycles. The lowest BCUT2D eigenvalue weighted by Crippen LogP contribution is -2.53. The number of hydrogen-bond acceptors (Lipinski definition) is 4. The average molecular weight is 441 g/mol. The van der Waals surface area contributed by atoms with Crippen LogP contribution >= 0.6 is 0 Å². The molecule has 31 heavy (non-hydrogen) atoms. The van der Waals surface area contributed by atoms with Gasteiger partial charge in [-0.15, -0.1) is 0 Å². The molecule has 2 N–H and O–H groups in total. The Balaban J connectivity index is 1.52. The zero-order valence-electron chi connectivity index (χ0n) is 17.8. The minimum absolute atomic E-state index is 0.101. The largest absolute Gasteiger partial charge is 0.342 e. The monoisotopic (exact) mass is 440 g/mol. The molecule has 1 fully saturated rings. The van der Waals surface area contributed by atoms with Crippen molar-refractivity contribution >= 4 is 27.0 Å². The molecule has 164 valence electrons. The van der Waals surface area contributed by atoms with Crippen LogP contribution in [-0.4, -0.2) is 48.3 Å². The molecule has 0 radical (unpaired) electrons. The number of sulfonamides is 1. The Morgan fingerprint density at radius 2 is 1.84 bits per heavy atom. The summed E-state index contributed by atoms with van der Waals surface area (Å²) < 4.78 is 28.3. The van der Waals surface area contributed by atoms with Crippen LogP contribution in [0.4, 0.5) is 0 Å². The van der Waals surface area contributed by atoms with E-state index in [1.807, 2.05) is 38.1 Å². The molecule has 4 rings (SSSR count). The number of benzene rings is 2. The number of nitrogens with one attached hydrogen (secondary N) is 2. The molecule has 1 aliphatic rings. The predicted molar refractivity (Wildman–Crippen MR) is 120 cm³/mol. The van der Waals surface area contributed by atoms with Crippen molar-refractivity contribution in [2.45, 2.75) is 43.5 Å². The topological polar surface area (TPSA) is 95.2 Å². The van der Waals surface area contributed by atoms with Crippen molar-refractivity contribution in [3.05, 3.63) is 60.4 Å². The smallest absolute Gasteiger partial charge is 0.241 e. The Bertz CT molecular complexity index is 1120. The first-order valence-electron chi connectivity index (χ1n) is 10.7. The van der Waals surface area contributed by atoms with E-state index in [0.717, 1.165) is 29.7 Å². The number of carbonyl (C=O) groups excluding carboxylic acids is 1.